The van der Waals surface area contributed by atoms with E-state index in [-0.39, 0.29) is 30.7 Å². The van der Waals surface area contributed by atoms with Gasteiger partial charge in [0.05, 0.1) is 11.5 Å². The molecule has 1 saturated carbocycles. The van der Waals surface area contributed by atoms with Crippen LogP contribution in [0, 0.1) is 23.0 Å². The number of hydrogen-bond acceptors (Lipinski definition) is 4. The number of nitro benzene ring substituents is 1. The highest BCUT2D eigenvalue weighted by Crippen LogP contribution is 2.36. The lowest BCUT2D eigenvalue weighted by molar-refractivity contribution is -0.385. The quantitative estimate of drug-likeness (QED) is 0.480. The van der Waals surface area contributed by atoms with Gasteiger partial charge < -0.3 is 4.74 Å². The van der Waals surface area contributed by atoms with Crippen molar-refractivity contribution in [1.82, 2.24) is 0 Å². The van der Waals surface area contributed by atoms with E-state index in [2.05, 4.69) is 0 Å². The van der Waals surface area contributed by atoms with Gasteiger partial charge in [0.25, 0.3) is 5.69 Å². The number of ether oxygens (including phenoxy) is 1. The molecule has 0 heterocycles. The number of benzene rings is 1. The molecule has 0 saturated heterocycles. The van der Waals surface area contributed by atoms with Crippen molar-refractivity contribution in [3.8, 4) is 0 Å². The van der Waals surface area contributed by atoms with Gasteiger partial charge in [0.2, 0.25) is 5.92 Å². The summed E-state index contributed by atoms with van der Waals surface area (Å²) in [5, 5.41) is 11.0. The number of rotatable bonds is 4. The van der Waals surface area contributed by atoms with Crippen LogP contribution >= 0.6 is 0 Å². The average Bonchev–Trinajstić information content (AvgIpc) is 2.43. The van der Waals surface area contributed by atoms with Crippen LogP contribution < -0.4 is 0 Å². The SMILES string of the molecule is Cc1cccc(C(=O)OC[C@@H]2CCCC(F)(F)C2)c1[N+](=O)[O-]. The minimum atomic E-state index is -2.72. The summed E-state index contributed by atoms with van der Waals surface area (Å²) in [4.78, 5) is 22.4. The highest BCUT2D eigenvalue weighted by atomic mass is 19.3. The number of halogens is 2. The largest absolute Gasteiger partial charge is 0.462 e. The van der Waals surface area contributed by atoms with Crippen LogP contribution in [-0.4, -0.2) is 23.4 Å². The van der Waals surface area contributed by atoms with Crippen molar-refractivity contribution < 1.29 is 23.2 Å². The number of aryl methyl sites for hydroxylation is 1. The lowest BCUT2D eigenvalue weighted by Crippen LogP contribution is -2.29. The van der Waals surface area contributed by atoms with Crippen molar-refractivity contribution in [2.45, 2.75) is 38.5 Å². The van der Waals surface area contributed by atoms with Crippen LogP contribution in [0.1, 0.15) is 41.6 Å². The third-order valence-corrected chi connectivity index (χ3v) is 3.83. The summed E-state index contributed by atoms with van der Waals surface area (Å²) in [5.41, 5.74) is -0.0994. The number of carbonyl (C=O) groups is 1. The number of nitro groups is 1. The van der Waals surface area contributed by atoms with Gasteiger partial charge in [-0.2, -0.15) is 0 Å². The molecule has 2 rings (SSSR count). The molecular formula is C15H17F2NO4. The second-order valence-corrected chi connectivity index (χ2v) is 5.64. The van der Waals surface area contributed by atoms with E-state index in [1.54, 1.807) is 0 Å². The minimum Gasteiger partial charge on any atom is -0.462 e. The van der Waals surface area contributed by atoms with Crippen molar-refractivity contribution in [2.24, 2.45) is 5.92 Å². The molecule has 1 aliphatic rings. The first-order valence-electron chi connectivity index (χ1n) is 7.09. The van der Waals surface area contributed by atoms with E-state index in [1.807, 2.05) is 0 Å². The van der Waals surface area contributed by atoms with Crippen molar-refractivity contribution in [1.29, 1.82) is 0 Å². The third kappa shape index (κ3) is 3.78. The molecule has 0 bridgehead atoms. The van der Waals surface area contributed by atoms with Crippen LogP contribution in [0.25, 0.3) is 0 Å². The van der Waals surface area contributed by atoms with Gasteiger partial charge >= 0.3 is 5.97 Å². The summed E-state index contributed by atoms with van der Waals surface area (Å²) in [6, 6.07) is 4.35. The second-order valence-electron chi connectivity index (χ2n) is 5.64. The maximum absolute atomic E-state index is 13.3. The molecular weight excluding hydrogens is 296 g/mol. The maximum Gasteiger partial charge on any atom is 0.345 e. The van der Waals surface area contributed by atoms with Gasteiger partial charge in [0, 0.05) is 18.4 Å². The molecule has 1 aromatic rings. The number of nitrogens with zero attached hydrogens (tertiary/aromatic N) is 1. The van der Waals surface area contributed by atoms with Crippen LogP contribution in [0.3, 0.4) is 0 Å². The monoisotopic (exact) mass is 313 g/mol. The first-order valence-corrected chi connectivity index (χ1v) is 7.09. The first-order chi connectivity index (χ1) is 10.3. The van der Waals surface area contributed by atoms with Gasteiger partial charge in [-0.25, -0.2) is 13.6 Å². The van der Waals surface area contributed by atoms with E-state index in [9.17, 15) is 23.7 Å². The van der Waals surface area contributed by atoms with Gasteiger partial charge in [0.1, 0.15) is 5.56 Å². The summed E-state index contributed by atoms with van der Waals surface area (Å²) in [6.07, 6.45) is 0.510. The second kappa shape index (κ2) is 6.37. The molecule has 0 aliphatic heterocycles. The molecule has 0 unspecified atom stereocenters. The molecule has 5 nitrogen and oxygen atoms in total. The predicted molar refractivity (Wildman–Crippen MR) is 75.0 cm³/mol. The van der Waals surface area contributed by atoms with Crippen molar-refractivity contribution in [3.05, 3.63) is 39.4 Å². The van der Waals surface area contributed by atoms with Gasteiger partial charge in [-0.05, 0) is 31.7 Å². The number of alkyl halides is 2. The van der Waals surface area contributed by atoms with E-state index in [1.165, 1.54) is 25.1 Å². The Morgan fingerprint density at radius 2 is 2.23 bits per heavy atom. The summed E-state index contributed by atoms with van der Waals surface area (Å²) in [7, 11) is 0. The highest BCUT2D eigenvalue weighted by Gasteiger charge is 2.36. The smallest absolute Gasteiger partial charge is 0.345 e. The van der Waals surface area contributed by atoms with Crippen LogP contribution in [-0.2, 0) is 4.74 Å². The van der Waals surface area contributed by atoms with Crippen molar-refractivity contribution >= 4 is 11.7 Å². The fraction of sp³-hybridized carbons (Fsp3) is 0.533. The number of esters is 1. The van der Waals surface area contributed by atoms with E-state index in [0.29, 0.717) is 18.4 Å². The molecule has 1 atom stereocenters. The molecule has 7 heteroatoms. The zero-order valence-corrected chi connectivity index (χ0v) is 12.2. The van der Waals surface area contributed by atoms with E-state index in [4.69, 9.17) is 4.74 Å². The van der Waals surface area contributed by atoms with Crippen molar-refractivity contribution in [2.75, 3.05) is 6.61 Å². The molecule has 120 valence electrons. The maximum atomic E-state index is 13.3. The fourth-order valence-corrected chi connectivity index (χ4v) is 2.76. The summed E-state index contributed by atoms with van der Waals surface area (Å²) in [6.45, 7) is 1.39. The number of para-hydroxylation sites is 1. The summed E-state index contributed by atoms with van der Waals surface area (Å²) >= 11 is 0. The molecule has 0 N–H and O–H groups in total. The van der Waals surface area contributed by atoms with E-state index < -0.39 is 22.7 Å². The van der Waals surface area contributed by atoms with Gasteiger partial charge in [0.15, 0.2) is 0 Å². The van der Waals surface area contributed by atoms with Crippen LogP contribution in [0.2, 0.25) is 0 Å². The van der Waals surface area contributed by atoms with Gasteiger partial charge in [-0.1, -0.05) is 12.1 Å². The number of carbonyl (C=O) groups excluding carboxylic acids is 1. The van der Waals surface area contributed by atoms with Gasteiger partial charge in [-0.15, -0.1) is 0 Å². The Kier molecular flexibility index (Phi) is 4.73. The first kappa shape index (κ1) is 16.3. The Morgan fingerprint density at radius 1 is 1.50 bits per heavy atom. The molecule has 22 heavy (non-hydrogen) atoms. The van der Waals surface area contributed by atoms with Crippen LogP contribution in [0.15, 0.2) is 18.2 Å². The number of hydrogen-bond donors (Lipinski definition) is 0. The Balaban J connectivity index is 2.04. The van der Waals surface area contributed by atoms with Crippen LogP contribution in [0.4, 0.5) is 14.5 Å². The summed E-state index contributed by atoms with van der Waals surface area (Å²) < 4.78 is 31.6. The van der Waals surface area contributed by atoms with E-state index in [0.717, 1.165) is 0 Å². The molecule has 1 fully saturated rings. The Morgan fingerprint density at radius 3 is 2.86 bits per heavy atom. The lowest BCUT2D eigenvalue weighted by atomic mass is 9.87. The standard InChI is InChI=1S/C15H17F2NO4/c1-10-4-2-6-12(13(10)18(20)21)14(19)22-9-11-5-3-7-15(16,17)8-11/h2,4,6,11H,3,5,7-9H2,1H3/t11-/m1/s1. The molecule has 1 aromatic carbocycles. The zero-order chi connectivity index (χ0) is 16.3. The lowest BCUT2D eigenvalue weighted by Gasteiger charge is -2.28. The summed E-state index contributed by atoms with van der Waals surface area (Å²) in [5.74, 6) is -3.97. The van der Waals surface area contributed by atoms with Crippen molar-refractivity contribution in [3.63, 3.8) is 0 Å². The third-order valence-electron chi connectivity index (χ3n) is 3.83. The average molecular weight is 313 g/mol. The predicted octanol–water partition coefficient (Wildman–Crippen LogP) is 3.89. The molecule has 0 aromatic heterocycles. The Hall–Kier alpha value is -2.05. The molecule has 0 spiro atoms. The molecule has 0 radical (unpaired) electrons. The Labute approximate surface area is 126 Å². The van der Waals surface area contributed by atoms with E-state index >= 15 is 0 Å². The van der Waals surface area contributed by atoms with Crippen LogP contribution in [0.5, 0.6) is 0 Å². The Bertz CT molecular complexity index is 589. The molecule has 0 amide bonds. The highest BCUT2D eigenvalue weighted by molar-refractivity contribution is 5.94. The minimum absolute atomic E-state index is 0.138. The zero-order valence-electron chi connectivity index (χ0n) is 12.2. The molecule has 1 aliphatic carbocycles. The normalized spacial score (nSPS) is 20.4. The fourth-order valence-electron chi connectivity index (χ4n) is 2.76. The topological polar surface area (TPSA) is 69.4 Å². The van der Waals surface area contributed by atoms with Gasteiger partial charge in [-0.3, -0.25) is 10.1 Å².